The van der Waals surface area contributed by atoms with Gasteiger partial charge in [0.2, 0.25) is 0 Å². The Kier molecular flexibility index (Phi) is 3.61. The summed E-state index contributed by atoms with van der Waals surface area (Å²) < 4.78 is 6.11. The lowest BCUT2D eigenvalue weighted by atomic mass is 9.78. The van der Waals surface area contributed by atoms with E-state index in [0.29, 0.717) is 5.92 Å². The second-order valence-corrected chi connectivity index (χ2v) is 5.90. The van der Waals surface area contributed by atoms with Gasteiger partial charge in [0.1, 0.15) is 11.3 Å². The van der Waals surface area contributed by atoms with Crippen LogP contribution in [0, 0.1) is 12.8 Å². The second-order valence-electron chi connectivity index (χ2n) is 5.90. The predicted octanol–water partition coefficient (Wildman–Crippen LogP) is 4.23. The van der Waals surface area contributed by atoms with Crippen molar-refractivity contribution in [2.24, 2.45) is 5.92 Å². The van der Waals surface area contributed by atoms with Crippen molar-refractivity contribution in [2.45, 2.75) is 38.5 Å². The van der Waals surface area contributed by atoms with Gasteiger partial charge in [0.15, 0.2) is 0 Å². The Hall–Kier alpha value is -1.28. The van der Waals surface area contributed by atoms with Crippen LogP contribution in [0.5, 0.6) is 0 Å². The molecule has 102 valence electrons. The summed E-state index contributed by atoms with van der Waals surface area (Å²) in [4.78, 5) is 0. The number of nitrogens with one attached hydrogen (secondary N) is 1. The van der Waals surface area contributed by atoms with Gasteiger partial charge in [0.05, 0.1) is 0 Å². The summed E-state index contributed by atoms with van der Waals surface area (Å²) in [6.07, 6.45) is 5.29. The molecule has 0 spiro atoms. The van der Waals surface area contributed by atoms with Gasteiger partial charge in [-0.1, -0.05) is 24.5 Å². The average molecular weight is 257 g/mol. The van der Waals surface area contributed by atoms with Crippen LogP contribution in [0.25, 0.3) is 11.0 Å². The number of benzene rings is 1. The van der Waals surface area contributed by atoms with Crippen LogP contribution in [0.4, 0.5) is 0 Å². The largest absolute Gasteiger partial charge is 0.461 e. The molecule has 2 nitrogen and oxygen atoms in total. The molecule has 1 saturated carbocycles. The normalized spacial score (nSPS) is 23.9. The van der Waals surface area contributed by atoms with Gasteiger partial charge in [-0.2, -0.15) is 0 Å². The van der Waals surface area contributed by atoms with E-state index in [0.717, 1.165) is 18.0 Å². The summed E-state index contributed by atoms with van der Waals surface area (Å²) in [5.41, 5.74) is 2.34. The predicted molar refractivity (Wildman–Crippen MR) is 79.6 cm³/mol. The molecule has 2 atom stereocenters. The summed E-state index contributed by atoms with van der Waals surface area (Å²) in [5.74, 6) is 2.51. The Labute approximate surface area is 115 Å². The highest BCUT2D eigenvalue weighted by Gasteiger charge is 2.28. The van der Waals surface area contributed by atoms with E-state index < -0.39 is 0 Å². The monoisotopic (exact) mass is 257 g/mol. The molecular weight excluding hydrogens is 234 g/mol. The maximum Gasteiger partial charge on any atom is 0.134 e. The van der Waals surface area contributed by atoms with Gasteiger partial charge in [-0.05, 0) is 57.5 Å². The molecule has 0 bridgehead atoms. The van der Waals surface area contributed by atoms with E-state index >= 15 is 0 Å². The molecule has 1 aliphatic rings. The molecule has 1 aliphatic carbocycles. The van der Waals surface area contributed by atoms with E-state index in [9.17, 15) is 0 Å². The minimum atomic E-state index is 0.592. The zero-order valence-corrected chi connectivity index (χ0v) is 11.9. The summed E-state index contributed by atoms with van der Waals surface area (Å²) in [7, 11) is 2.05. The first-order valence-corrected chi connectivity index (χ1v) is 7.42. The first kappa shape index (κ1) is 12.7. The molecular formula is C17H23NO. The smallest absolute Gasteiger partial charge is 0.134 e. The zero-order valence-electron chi connectivity index (χ0n) is 11.9. The molecule has 1 N–H and O–H groups in total. The number of aryl methyl sites for hydroxylation is 1. The van der Waals surface area contributed by atoms with Crippen molar-refractivity contribution in [2.75, 3.05) is 13.6 Å². The molecule has 2 aromatic rings. The Morgan fingerprint density at radius 3 is 2.89 bits per heavy atom. The van der Waals surface area contributed by atoms with Crippen molar-refractivity contribution >= 4 is 11.0 Å². The Morgan fingerprint density at radius 1 is 1.21 bits per heavy atom. The Morgan fingerprint density at radius 2 is 2.05 bits per heavy atom. The van der Waals surface area contributed by atoms with Gasteiger partial charge >= 0.3 is 0 Å². The zero-order chi connectivity index (χ0) is 13.2. The second kappa shape index (κ2) is 5.38. The first-order valence-electron chi connectivity index (χ1n) is 7.42. The van der Waals surface area contributed by atoms with Gasteiger partial charge in [0.25, 0.3) is 0 Å². The molecule has 0 amide bonds. The van der Waals surface area contributed by atoms with E-state index in [1.54, 1.807) is 0 Å². The number of furan rings is 1. The quantitative estimate of drug-likeness (QED) is 0.890. The van der Waals surface area contributed by atoms with Gasteiger partial charge < -0.3 is 9.73 Å². The minimum Gasteiger partial charge on any atom is -0.461 e. The molecule has 1 aromatic heterocycles. The van der Waals surface area contributed by atoms with E-state index in [1.165, 1.54) is 42.4 Å². The third-order valence-electron chi connectivity index (χ3n) is 4.43. The summed E-state index contributed by atoms with van der Waals surface area (Å²) in [5, 5.41) is 4.59. The lowest BCUT2D eigenvalue weighted by Crippen LogP contribution is -2.27. The maximum atomic E-state index is 6.11. The molecule has 0 radical (unpaired) electrons. The first-order chi connectivity index (χ1) is 9.28. The molecule has 2 unspecified atom stereocenters. The van der Waals surface area contributed by atoms with E-state index in [-0.39, 0.29) is 0 Å². The fraction of sp³-hybridized carbons (Fsp3) is 0.529. The number of rotatable bonds is 3. The van der Waals surface area contributed by atoms with Crippen LogP contribution in [-0.2, 0) is 0 Å². The molecule has 0 aliphatic heterocycles. The highest BCUT2D eigenvalue weighted by molar-refractivity contribution is 5.78. The molecule has 2 heteroatoms. The summed E-state index contributed by atoms with van der Waals surface area (Å²) in [6, 6.07) is 8.71. The molecule has 19 heavy (non-hydrogen) atoms. The van der Waals surface area contributed by atoms with Crippen LogP contribution in [0.1, 0.15) is 42.9 Å². The highest BCUT2D eigenvalue weighted by Crippen LogP contribution is 2.39. The maximum absolute atomic E-state index is 6.11. The highest BCUT2D eigenvalue weighted by atomic mass is 16.3. The lowest BCUT2D eigenvalue weighted by Gasteiger charge is -2.29. The van der Waals surface area contributed by atoms with Crippen molar-refractivity contribution in [1.82, 2.24) is 5.32 Å². The van der Waals surface area contributed by atoms with Gasteiger partial charge in [-0.25, -0.2) is 0 Å². The van der Waals surface area contributed by atoms with Crippen LogP contribution < -0.4 is 5.32 Å². The van der Waals surface area contributed by atoms with Crippen LogP contribution in [0.15, 0.2) is 28.7 Å². The Bertz CT molecular complexity index is 555. The standard InChI is InChI=1S/C17H23NO/c1-12-7-8-16-14(9-12)10-17(19-16)15-6-4-3-5-13(15)11-18-2/h7-10,13,15,18H,3-6,11H2,1-2H3. The van der Waals surface area contributed by atoms with Crippen molar-refractivity contribution < 1.29 is 4.42 Å². The van der Waals surface area contributed by atoms with Crippen LogP contribution in [0.2, 0.25) is 0 Å². The number of fused-ring (bicyclic) bond motifs is 1. The topological polar surface area (TPSA) is 25.2 Å². The fourth-order valence-corrected chi connectivity index (χ4v) is 3.45. The lowest BCUT2D eigenvalue weighted by molar-refractivity contribution is 0.272. The van der Waals surface area contributed by atoms with Crippen LogP contribution >= 0.6 is 0 Å². The average Bonchev–Trinajstić information content (AvgIpc) is 2.82. The van der Waals surface area contributed by atoms with Gasteiger partial charge in [-0.15, -0.1) is 0 Å². The summed E-state index contributed by atoms with van der Waals surface area (Å²) >= 11 is 0. The molecule has 0 saturated heterocycles. The third kappa shape index (κ3) is 2.55. The molecule has 1 aromatic carbocycles. The molecule has 1 heterocycles. The van der Waals surface area contributed by atoms with E-state index in [1.807, 2.05) is 7.05 Å². The molecule has 3 rings (SSSR count). The van der Waals surface area contributed by atoms with Crippen molar-refractivity contribution in [1.29, 1.82) is 0 Å². The fourth-order valence-electron chi connectivity index (χ4n) is 3.45. The van der Waals surface area contributed by atoms with Gasteiger partial charge in [0, 0.05) is 11.3 Å². The van der Waals surface area contributed by atoms with Crippen LogP contribution in [-0.4, -0.2) is 13.6 Å². The van der Waals surface area contributed by atoms with Crippen molar-refractivity contribution in [3.05, 3.63) is 35.6 Å². The minimum absolute atomic E-state index is 0.592. The van der Waals surface area contributed by atoms with Gasteiger partial charge in [-0.3, -0.25) is 0 Å². The van der Waals surface area contributed by atoms with Crippen LogP contribution in [0.3, 0.4) is 0 Å². The number of hydrogen-bond acceptors (Lipinski definition) is 2. The SMILES string of the molecule is CNCC1CCCCC1c1cc2cc(C)ccc2o1. The third-order valence-corrected chi connectivity index (χ3v) is 4.43. The number of hydrogen-bond donors (Lipinski definition) is 1. The van der Waals surface area contributed by atoms with Crippen molar-refractivity contribution in [3.8, 4) is 0 Å². The van der Waals surface area contributed by atoms with E-state index in [4.69, 9.17) is 4.42 Å². The van der Waals surface area contributed by atoms with E-state index in [2.05, 4.69) is 36.5 Å². The summed E-state index contributed by atoms with van der Waals surface area (Å²) in [6.45, 7) is 3.23. The molecule has 1 fully saturated rings. The van der Waals surface area contributed by atoms with Crippen molar-refractivity contribution in [3.63, 3.8) is 0 Å². The Balaban J connectivity index is 1.92.